The van der Waals surface area contributed by atoms with Crippen molar-refractivity contribution < 1.29 is 24.7 Å². The first kappa shape index (κ1) is 19.7. The maximum absolute atomic E-state index is 12.4. The zero-order valence-electron chi connectivity index (χ0n) is 15.0. The Labute approximate surface area is 149 Å². The van der Waals surface area contributed by atoms with Crippen LogP contribution in [0.1, 0.15) is 0 Å². The first-order valence-corrected chi connectivity index (χ1v) is 12.0. The van der Waals surface area contributed by atoms with Gasteiger partial charge >= 0.3 is 7.32 Å². The van der Waals surface area contributed by atoms with E-state index in [0.29, 0.717) is 17.1 Å². The lowest BCUT2D eigenvalue weighted by atomic mass is 10.0. The van der Waals surface area contributed by atoms with Gasteiger partial charge in [-0.15, -0.1) is 0 Å². The Bertz CT molecular complexity index is 584. The van der Waals surface area contributed by atoms with Crippen molar-refractivity contribution in [1.29, 1.82) is 0 Å². The summed E-state index contributed by atoms with van der Waals surface area (Å²) in [5.41, 5.74) is 1.89. The number of carbonyl (C=O) groups is 2. The molecule has 3 N–H and O–H groups in total. The molecule has 0 aromatic heterocycles. The Morgan fingerprint density at radius 3 is 1.56 bits per heavy atom. The highest BCUT2D eigenvalue weighted by molar-refractivity contribution is 6.54. The molecule has 4 rings (SSSR count). The van der Waals surface area contributed by atoms with Crippen LogP contribution in [-0.4, -0.2) is 96.7 Å². The Morgan fingerprint density at radius 1 is 0.840 bits per heavy atom. The molecule has 3 heterocycles. The third-order valence-corrected chi connectivity index (χ3v) is 3.49. The van der Waals surface area contributed by atoms with Gasteiger partial charge in [0.15, 0.2) is 0 Å². The third kappa shape index (κ3) is 6.00. The van der Waals surface area contributed by atoms with Crippen molar-refractivity contribution in [3.63, 3.8) is 0 Å². The van der Waals surface area contributed by atoms with Crippen molar-refractivity contribution in [3.05, 3.63) is 23.2 Å². The molecule has 1 aliphatic carbocycles. The topological polar surface area (TPSA) is 104 Å². The minimum atomic E-state index is -2.17. The Hall–Kier alpha value is -1.62. The number of allylic oxidation sites excluding steroid dienone is 1. The van der Waals surface area contributed by atoms with Gasteiger partial charge in [0.2, 0.25) is 11.6 Å². The molecule has 3 aliphatic heterocycles. The fourth-order valence-corrected chi connectivity index (χ4v) is 2.28. The lowest BCUT2D eigenvalue weighted by Crippen LogP contribution is -2.29. The molecular weight excluding hydrogens is 341 g/mol. The largest absolute Gasteiger partial charge is 0.631 e. The maximum Gasteiger partial charge on any atom is 0.631 e. The number of ketones is 2. The van der Waals surface area contributed by atoms with E-state index in [4.69, 9.17) is 15.1 Å². The highest BCUT2D eigenvalue weighted by Crippen LogP contribution is 2.33. The quantitative estimate of drug-likeness (QED) is 0.306. The summed E-state index contributed by atoms with van der Waals surface area (Å²) >= 11 is 0. The van der Waals surface area contributed by atoms with Gasteiger partial charge in [-0.2, -0.15) is 0 Å². The minimum Gasteiger partial charge on any atom is -0.402 e. The van der Waals surface area contributed by atoms with Crippen LogP contribution in [0.5, 0.6) is 0 Å². The Morgan fingerprint density at radius 2 is 1.20 bits per heavy atom. The average Bonchev–Trinajstić information content (AvgIpc) is 3.36. The molecule has 0 aromatic rings. The van der Waals surface area contributed by atoms with E-state index in [-0.39, 0.29) is 20.4 Å². The van der Waals surface area contributed by atoms with E-state index in [1.54, 1.807) is 0 Å². The number of carbonyl (C=O) groups excluding carboxylic acids is 2. The second kappa shape index (κ2) is 8.17. The van der Waals surface area contributed by atoms with Gasteiger partial charge in [-0.1, -0.05) is 19.6 Å². The number of hydrogen-bond donors (Lipinski definition) is 3. The zero-order valence-corrected chi connectivity index (χ0v) is 16.1. The van der Waals surface area contributed by atoms with Crippen molar-refractivity contribution in [1.82, 2.24) is 14.7 Å². The van der Waals surface area contributed by atoms with Gasteiger partial charge in [0.05, 0.1) is 5.70 Å². The van der Waals surface area contributed by atoms with Crippen molar-refractivity contribution in [2.45, 2.75) is 19.6 Å². The summed E-state index contributed by atoms with van der Waals surface area (Å²) in [4.78, 5) is 30.5. The molecule has 3 fully saturated rings. The van der Waals surface area contributed by atoms with Crippen LogP contribution >= 0.6 is 0 Å². The van der Waals surface area contributed by atoms with Gasteiger partial charge in [0.1, 0.15) is 11.4 Å². The van der Waals surface area contributed by atoms with E-state index >= 15 is 0 Å². The third-order valence-electron chi connectivity index (χ3n) is 3.49. The number of nitrogens with zero attached hydrogens (tertiary/aromatic N) is 3. The summed E-state index contributed by atoms with van der Waals surface area (Å²) in [6, 6.07) is 0. The fraction of sp³-hybridized carbons (Fsp3) is 0.600. The molecule has 0 amide bonds. The lowest BCUT2D eigenvalue weighted by molar-refractivity contribution is -0.117. The monoisotopic (exact) mass is 367 g/mol. The smallest absolute Gasteiger partial charge is 0.402 e. The van der Waals surface area contributed by atoms with E-state index in [0.717, 1.165) is 39.3 Å². The van der Waals surface area contributed by atoms with Crippen molar-refractivity contribution in [2.24, 2.45) is 0 Å². The Balaban J connectivity index is 0.000000241. The van der Waals surface area contributed by atoms with E-state index in [1.807, 2.05) is 14.7 Å². The number of Topliss-reactive ketones (excluding diaryl/α,β-unsaturated/α-hetero) is 1. The predicted octanol–water partition coefficient (Wildman–Crippen LogP) is -1.77. The summed E-state index contributed by atoms with van der Waals surface area (Å²) in [6.07, 6.45) is 1.52. The van der Waals surface area contributed by atoms with Gasteiger partial charge in [0.25, 0.3) is 0 Å². The summed E-state index contributed by atoms with van der Waals surface area (Å²) in [6.45, 7) is 12.3. The first-order chi connectivity index (χ1) is 11.7. The van der Waals surface area contributed by atoms with Crippen LogP contribution in [0, 0.1) is 0 Å². The second-order valence-electron chi connectivity index (χ2n) is 6.96. The molecule has 0 radical (unpaired) electrons. The standard InChI is InChI=1S/C12H13N3O2.C3H10Si.BH3O3/c16-9-7-8(13-1-2-13)12(17)11(15-5-6-15)10(9)14-3-4-14;1-4(2)3;2-1(3)4/h7H,1-6H2;4H,1-3H3;2-4H. The summed E-state index contributed by atoms with van der Waals surface area (Å²) in [5.74, 6) is 0.0485. The van der Waals surface area contributed by atoms with Crippen LogP contribution < -0.4 is 0 Å². The van der Waals surface area contributed by atoms with Gasteiger partial charge < -0.3 is 29.8 Å². The molecule has 10 heteroatoms. The second-order valence-corrected chi connectivity index (χ2v) is 10.4. The highest BCUT2D eigenvalue weighted by Gasteiger charge is 2.43. The van der Waals surface area contributed by atoms with Crippen molar-refractivity contribution in [3.8, 4) is 0 Å². The molecule has 0 unspecified atom stereocenters. The molecule has 0 aromatic carbocycles. The summed E-state index contributed by atoms with van der Waals surface area (Å²) in [7, 11) is -2.31. The summed E-state index contributed by atoms with van der Waals surface area (Å²) in [5, 5.41) is 21.5. The van der Waals surface area contributed by atoms with Crippen LogP contribution in [-0.2, 0) is 9.59 Å². The van der Waals surface area contributed by atoms with E-state index < -0.39 is 7.32 Å². The minimum absolute atomic E-state index is 0.00546. The average molecular weight is 367 g/mol. The van der Waals surface area contributed by atoms with Crippen molar-refractivity contribution in [2.75, 3.05) is 39.3 Å². The van der Waals surface area contributed by atoms with Gasteiger partial charge in [-0.3, -0.25) is 9.59 Å². The van der Waals surface area contributed by atoms with Gasteiger partial charge in [0, 0.05) is 54.1 Å². The number of hydrogen-bond acceptors (Lipinski definition) is 8. The van der Waals surface area contributed by atoms with E-state index in [1.165, 1.54) is 6.08 Å². The molecule has 0 bridgehead atoms. The summed E-state index contributed by atoms with van der Waals surface area (Å²) < 4.78 is 0. The molecule has 0 atom stereocenters. The van der Waals surface area contributed by atoms with Gasteiger partial charge in [-0.05, 0) is 0 Å². The van der Waals surface area contributed by atoms with Crippen LogP contribution in [0.4, 0.5) is 0 Å². The SMILES string of the molecule is C[SiH](C)C.O=C1C=C(N2CC2)C(=O)C(N2CC2)=C1N1CC1.OB(O)O. The van der Waals surface area contributed by atoms with E-state index in [9.17, 15) is 9.59 Å². The number of rotatable bonds is 3. The highest BCUT2D eigenvalue weighted by atomic mass is 28.3. The predicted molar refractivity (Wildman–Crippen MR) is 97.0 cm³/mol. The first-order valence-electron chi connectivity index (χ1n) is 8.56. The molecule has 138 valence electrons. The van der Waals surface area contributed by atoms with Crippen LogP contribution in [0.2, 0.25) is 19.6 Å². The Kier molecular flexibility index (Phi) is 6.44. The fourth-order valence-electron chi connectivity index (χ4n) is 2.28. The molecule has 0 saturated carbocycles. The molecular formula is C15H26BN3O5Si. The molecule has 0 spiro atoms. The van der Waals surface area contributed by atoms with Crippen LogP contribution in [0.15, 0.2) is 23.2 Å². The molecule has 3 saturated heterocycles. The molecule has 8 nitrogen and oxygen atoms in total. The maximum atomic E-state index is 12.4. The van der Waals surface area contributed by atoms with Crippen molar-refractivity contribution >= 4 is 27.7 Å². The molecule has 4 aliphatic rings. The zero-order chi connectivity index (χ0) is 18.7. The van der Waals surface area contributed by atoms with Crippen LogP contribution in [0.3, 0.4) is 0 Å². The van der Waals surface area contributed by atoms with Gasteiger partial charge in [-0.25, -0.2) is 0 Å². The molecule has 25 heavy (non-hydrogen) atoms. The van der Waals surface area contributed by atoms with E-state index in [2.05, 4.69) is 19.6 Å². The lowest BCUT2D eigenvalue weighted by Gasteiger charge is -2.21. The van der Waals surface area contributed by atoms with Crippen LogP contribution in [0.25, 0.3) is 0 Å². The normalized spacial score (nSPS) is 20.6.